The molecule has 3 aliphatic rings. The summed E-state index contributed by atoms with van der Waals surface area (Å²) in [6, 6.07) is 0. The van der Waals surface area contributed by atoms with Crippen LogP contribution in [0.5, 0.6) is 0 Å². The van der Waals surface area contributed by atoms with Crippen molar-refractivity contribution < 1.29 is 19.4 Å². The van der Waals surface area contributed by atoms with Crippen LogP contribution in [0.25, 0.3) is 0 Å². The average molecular weight is 239 g/mol. The Balaban J connectivity index is 1.61. The molecule has 0 aromatic heterocycles. The highest BCUT2D eigenvalue weighted by atomic mass is 16.5. The molecule has 0 spiro atoms. The number of aliphatic carboxylic acids is 1. The monoisotopic (exact) mass is 239 g/mol. The second kappa shape index (κ2) is 3.70. The van der Waals surface area contributed by atoms with Gasteiger partial charge in [-0.25, -0.2) is 4.79 Å². The van der Waals surface area contributed by atoms with Crippen LogP contribution in [-0.4, -0.2) is 35.7 Å². The number of carbonyl (C=O) groups excluding carboxylic acids is 1. The maximum atomic E-state index is 12.0. The Morgan fingerprint density at radius 1 is 1.35 bits per heavy atom. The van der Waals surface area contributed by atoms with Gasteiger partial charge in [-0.05, 0) is 31.1 Å². The molecule has 2 aliphatic carbocycles. The minimum Gasteiger partial charge on any atom is -0.479 e. The fourth-order valence-corrected chi connectivity index (χ4v) is 2.78. The molecular formula is C12H17NO4. The second-order valence-electron chi connectivity index (χ2n) is 5.52. The largest absolute Gasteiger partial charge is 0.479 e. The van der Waals surface area contributed by atoms with E-state index in [1.54, 1.807) is 0 Å². The molecule has 17 heavy (non-hydrogen) atoms. The van der Waals surface area contributed by atoms with Gasteiger partial charge in [-0.15, -0.1) is 0 Å². The van der Waals surface area contributed by atoms with Crippen LogP contribution in [0.1, 0.15) is 25.7 Å². The summed E-state index contributed by atoms with van der Waals surface area (Å²) in [6.45, 7) is 0.498. The number of hydrogen-bond acceptors (Lipinski definition) is 3. The summed E-state index contributed by atoms with van der Waals surface area (Å²) in [6.07, 6.45) is 3.78. The molecule has 0 bridgehead atoms. The molecule has 1 amide bonds. The Hall–Kier alpha value is -1.10. The van der Waals surface area contributed by atoms with E-state index in [0.717, 1.165) is 12.3 Å². The van der Waals surface area contributed by atoms with E-state index in [4.69, 9.17) is 4.74 Å². The highest BCUT2D eigenvalue weighted by Crippen LogP contribution is 2.54. The Morgan fingerprint density at radius 2 is 2.12 bits per heavy atom. The number of nitrogens with one attached hydrogen (secondary N) is 1. The van der Waals surface area contributed by atoms with Crippen LogP contribution >= 0.6 is 0 Å². The van der Waals surface area contributed by atoms with Crippen LogP contribution in [-0.2, 0) is 14.3 Å². The Morgan fingerprint density at radius 3 is 2.65 bits per heavy atom. The first-order chi connectivity index (χ1) is 8.12. The highest BCUT2D eigenvalue weighted by molar-refractivity contribution is 5.89. The molecule has 2 N–H and O–H groups in total. The van der Waals surface area contributed by atoms with Crippen molar-refractivity contribution in [3.63, 3.8) is 0 Å². The molecule has 0 aromatic rings. The van der Waals surface area contributed by atoms with Crippen LogP contribution < -0.4 is 5.32 Å². The fraction of sp³-hybridized carbons (Fsp3) is 0.833. The number of carboxylic acids is 1. The van der Waals surface area contributed by atoms with Gasteiger partial charge >= 0.3 is 5.97 Å². The second-order valence-corrected chi connectivity index (χ2v) is 5.52. The van der Waals surface area contributed by atoms with Crippen molar-refractivity contribution in [3.05, 3.63) is 0 Å². The summed E-state index contributed by atoms with van der Waals surface area (Å²) in [5.41, 5.74) is -1.17. The van der Waals surface area contributed by atoms with Gasteiger partial charge in [0.15, 0.2) is 5.54 Å². The van der Waals surface area contributed by atoms with Gasteiger partial charge in [0.1, 0.15) is 0 Å². The maximum Gasteiger partial charge on any atom is 0.331 e. The minimum absolute atomic E-state index is 0.0549. The van der Waals surface area contributed by atoms with Crippen molar-refractivity contribution in [2.24, 2.45) is 17.8 Å². The average Bonchev–Trinajstić information content (AvgIpc) is 3.16. The van der Waals surface area contributed by atoms with Crippen LogP contribution in [0.4, 0.5) is 0 Å². The fourth-order valence-electron chi connectivity index (χ4n) is 2.78. The lowest BCUT2D eigenvalue weighted by Gasteiger charge is -2.23. The lowest BCUT2D eigenvalue weighted by atomic mass is 9.98. The third kappa shape index (κ3) is 1.92. The zero-order valence-corrected chi connectivity index (χ0v) is 9.65. The number of hydrogen-bond donors (Lipinski definition) is 2. The first-order valence-corrected chi connectivity index (χ1v) is 6.25. The summed E-state index contributed by atoms with van der Waals surface area (Å²) in [4.78, 5) is 23.2. The molecule has 1 aliphatic heterocycles. The molecule has 3 unspecified atom stereocenters. The third-order valence-corrected chi connectivity index (χ3v) is 4.20. The SMILES string of the molecule is O=C(NC1(C(=O)O)CCOC1)C1CC1C1CC1. The van der Waals surface area contributed by atoms with Gasteiger partial charge in [-0.3, -0.25) is 4.79 Å². The molecule has 3 atom stereocenters. The molecule has 94 valence electrons. The zero-order valence-electron chi connectivity index (χ0n) is 9.65. The van der Waals surface area contributed by atoms with E-state index in [9.17, 15) is 14.7 Å². The van der Waals surface area contributed by atoms with E-state index < -0.39 is 11.5 Å². The molecule has 2 saturated carbocycles. The summed E-state index contributed by atoms with van der Waals surface area (Å²) in [5.74, 6) is 0.232. The Labute approximate surface area is 99.5 Å². The number of rotatable bonds is 4. The van der Waals surface area contributed by atoms with E-state index in [1.807, 2.05) is 0 Å². The first kappa shape index (κ1) is 11.0. The van der Waals surface area contributed by atoms with E-state index >= 15 is 0 Å². The highest BCUT2D eigenvalue weighted by Gasteiger charge is 2.53. The molecule has 0 aromatic carbocycles. The summed E-state index contributed by atoms with van der Waals surface area (Å²) in [5, 5.41) is 11.9. The molecule has 3 fully saturated rings. The standard InChI is InChI=1S/C12H17NO4/c14-10(9-5-8(9)7-1-2-7)13-12(11(15)16)3-4-17-6-12/h7-9H,1-6H2,(H,13,14)(H,15,16). The summed E-state index contributed by atoms with van der Waals surface area (Å²) in [7, 11) is 0. The third-order valence-electron chi connectivity index (χ3n) is 4.20. The number of ether oxygens (including phenoxy) is 1. The maximum absolute atomic E-state index is 12.0. The van der Waals surface area contributed by atoms with Crippen molar-refractivity contribution in [1.29, 1.82) is 0 Å². The molecule has 3 rings (SSSR count). The van der Waals surface area contributed by atoms with Gasteiger partial charge in [0.05, 0.1) is 6.61 Å². The van der Waals surface area contributed by atoms with Crippen molar-refractivity contribution >= 4 is 11.9 Å². The molecule has 1 saturated heterocycles. The molecule has 1 heterocycles. The first-order valence-electron chi connectivity index (χ1n) is 6.25. The normalized spacial score (nSPS) is 40.0. The van der Waals surface area contributed by atoms with E-state index in [2.05, 4.69) is 5.32 Å². The number of carboxylic acid groups (broad SMARTS) is 1. The minimum atomic E-state index is -1.17. The molecule has 0 radical (unpaired) electrons. The van der Waals surface area contributed by atoms with Crippen molar-refractivity contribution in [1.82, 2.24) is 5.32 Å². The van der Waals surface area contributed by atoms with Gasteiger partial charge in [-0.2, -0.15) is 0 Å². The van der Waals surface area contributed by atoms with Crippen LogP contribution in [0, 0.1) is 17.8 Å². The van der Waals surface area contributed by atoms with Crippen LogP contribution in [0.2, 0.25) is 0 Å². The van der Waals surface area contributed by atoms with Crippen molar-refractivity contribution in [2.75, 3.05) is 13.2 Å². The molecular weight excluding hydrogens is 222 g/mol. The van der Waals surface area contributed by atoms with Gasteiger partial charge in [0, 0.05) is 18.9 Å². The molecule has 5 heteroatoms. The number of amides is 1. The van der Waals surface area contributed by atoms with Gasteiger partial charge in [0.2, 0.25) is 5.91 Å². The lowest BCUT2D eigenvalue weighted by Crippen LogP contribution is -2.55. The number of carbonyl (C=O) groups is 2. The smallest absolute Gasteiger partial charge is 0.331 e. The van der Waals surface area contributed by atoms with Crippen molar-refractivity contribution in [2.45, 2.75) is 31.2 Å². The predicted molar refractivity (Wildman–Crippen MR) is 58.3 cm³/mol. The quantitative estimate of drug-likeness (QED) is 0.744. The van der Waals surface area contributed by atoms with Crippen molar-refractivity contribution in [3.8, 4) is 0 Å². The van der Waals surface area contributed by atoms with Crippen LogP contribution in [0.3, 0.4) is 0 Å². The van der Waals surface area contributed by atoms with E-state index in [1.165, 1.54) is 12.8 Å². The van der Waals surface area contributed by atoms with Gasteiger partial charge < -0.3 is 15.2 Å². The lowest BCUT2D eigenvalue weighted by molar-refractivity contribution is -0.147. The van der Waals surface area contributed by atoms with Crippen LogP contribution in [0.15, 0.2) is 0 Å². The summed E-state index contributed by atoms with van der Waals surface area (Å²) < 4.78 is 5.11. The topological polar surface area (TPSA) is 75.6 Å². The Bertz CT molecular complexity index is 358. The summed E-state index contributed by atoms with van der Waals surface area (Å²) >= 11 is 0. The molecule has 5 nitrogen and oxygen atoms in total. The van der Waals surface area contributed by atoms with E-state index in [0.29, 0.717) is 18.9 Å². The van der Waals surface area contributed by atoms with Gasteiger partial charge in [-0.1, -0.05) is 0 Å². The zero-order chi connectivity index (χ0) is 12.0. The predicted octanol–water partition coefficient (Wildman–Crippen LogP) is 0.392. The Kier molecular flexibility index (Phi) is 2.40. The van der Waals surface area contributed by atoms with E-state index in [-0.39, 0.29) is 18.4 Å². The van der Waals surface area contributed by atoms with Gasteiger partial charge in [0.25, 0.3) is 0 Å².